The largest absolute Gasteiger partial charge is 0.477 e. The Kier molecular flexibility index (Phi) is 9.45. The van der Waals surface area contributed by atoms with Crippen LogP contribution in [0.3, 0.4) is 0 Å². The maximum atomic E-state index is 13.3. The number of hydrogen-bond donors (Lipinski definition) is 3. The van der Waals surface area contributed by atoms with Gasteiger partial charge in [-0.05, 0) is 19.1 Å². The summed E-state index contributed by atoms with van der Waals surface area (Å²) in [6.45, 7) is 1.88. The molecule has 0 aliphatic carbocycles. The number of carboxylic acid groups (broad SMARTS) is 1. The van der Waals surface area contributed by atoms with Crippen LogP contribution in [-0.4, -0.2) is 100 Å². The number of nitrogen functional groups attached to an aromatic ring is 1. The van der Waals surface area contributed by atoms with Gasteiger partial charge in [0.05, 0.1) is 21.2 Å². The molecule has 2 aliphatic heterocycles. The minimum absolute atomic E-state index is 0.00512. The SMILES string of the molecule is COC(=O)CO/N=C(\C(=O)N[C@@H]1C(=O)N2C(C(=O)O)=C(C[N+](C)(C)C(C)c3ccc(Cl)cc3)CSC12)c1csc(N)n1. The molecule has 0 bridgehead atoms. The van der Waals surface area contributed by atoms with Crippen molar-refractivity contribution >= 4 is 69.3 Å². The van der Waals surface area contributed by atoms with E-state index in [9.17, 15) is 24.3 Å². The molecule has 3 atom stereocenters. The molecule has 224 valence electrons. The lowest BCUT2D eigenvalue weighted by molar-refractivity contribution is -0.914. The number of aromatic nitrogens is 1. The predicted octanol–water partition coefficient (Wildman–Crippen LogP) is 1.85. The van der Waals surface area contributed by atoms with Crippen molar-refractivity contribution in [1.82, 2.24) is 15.2 Å². The standard InChI is InChI=1S/C26H29ClN6O7S2/c1-13(14-5-7-16(27)8-6-14)33(2,3)9-15-11-41-24-20(23(36)32(24)21(15)25(37)38)30-22(35)19(17-12-42-26(28)29-17)31-40-10-18(34)39-4/h5-8,12-13,20,24H,9-11H2,1-4H3,(H3-,28,29,30,35,37,38)/p+1/b31-19-/t13?,20-,24?/m1/s1. The van der Waals surface area contributed by atoms with E-state index in [4.69, 9.17) is 22.2 Å². The number of halogens is 1. The quantitative estimate of drug-likeness (QED) is 0.108. The Morgan fingerprint density at radius 1 is 1.31 bits per heavy atom. The summed E-state index contributed by atoms with van der Waals surface area (Å²) < 4.78 is 4.93. The van der Waals surface area contributed by atoms with E-state index >= 15 is 0 Å². The number of carbonyl (C=O) groups is 4. The zero-order valence-electron chi connectivity index (χ0n) is 23.2. The molecule has 1 aromatic heterocycles. The van der Waals surface area contributed by atoms with E-state index in [1.165, 1.54) is 29.2 Å². The summed E-state index contributed by atoms with van der Waals surface area (Å²) in [4.78, 5) is 60.5. The highest BCUT2D eigenvalue weighted by Crippen LogP contribution is 2.41. The van der Waals surface area contributed by atoms with Crippen molar-refractivity contribution in [3.63, 3.8) is 0 Å². The zero-order valence-corrected chi connectivity index (χ0v) is 25.6. The molecule has 4 N–H and O–H groups in total. The predicted molar refractivity (Wildman–Crippen MR) is 158 cm³/mol. The number of anilines is 1. The van der Waals surface area contributed by atoms with Gasteiger partial charge >= 0.3 is 11.9 Å². The monoisotopic (exact) mass is 637 g/mol. The van der Waals surface area contributed by atoms with Crippen LogP contribution in [0.1, 0.15) is 24.2 Å². The van der Waals surface area contributed by atoms with Crippen LogP contribution < -0.4 is 11.1 Å². The average molecular weight is 638 g/mol. The fourth-order valence-electron chi connectivity index (χ4n) is 4.60. The van der Waals surface area contributed by atoms with Crippen molar-refractivity contribution in [3.8, 4) is 0 Å². The van der Waals surface area contributed by atoms with E-state index in [1.807, 2.05) is 45.3 Å². The number of methoxy groups -OCH3 is 1. The van der Waals surface area contributed by atoms with E-state index in [-0.39, 0.29) is 28.3 Å². The van der Waals surface area contributed by atoms with Crippen LogP contribution in [0.2, 0.25) is 5.02 Å². The van der Waals surface area contributed by atoms with E-state index in [2.05, 4.69) is 20.2 Å². The van der Waals surface area contributed by atoms with Gasteiger partial charge in [-0.25, -0.2) is 14.6 Å². The molecule has 0 radical (unpaired) electrons. The Hall–Kier alpha value is -3.66. The molecule has 16 heteroatoms. The molecule has 1 saturated heterocycles. The van der Waals surface area contributed by atoms with E-state index < -0.39 is 41.8 Å². The third-order valence-corrected chi connectivity index (χ3v) is 9.35. The lowest BCUT2D eigenvalue weighted by Gasteiger charge is -2.50. The molecule has 42 heavy (non-hydrogen) atoms. The Balaban J connectivity index is 1.52. The second-order valence-electron chi connectivity index (χ2n) is 10.1. The summed E-state index contributed by atoms with van der Waals surface area (Å²) in [5, 5.41) is 18.1. The van der Waals surface area contributed by atoms with Crippen LogP contribution in [0.25, 0.3) is 0 Å². The van der Waals surface area contributed by atoms with Gasteiger partial charge in [-0.3, -0.25) is 14.5 Å². The van der Waals surface area contributed by atoms with Crippen molar-refractivity contribution in [2.45, 2.75) is 24.4 Å². The number of carbonyl (C=O) groups excluding carboxylic acids is 3. The maximum Gasteiger partial charge on any atom is 0.352 e. The first-order chi connectivity index (χ1) is 19.8. The minimum atomic E-state index is -1.22. The maximum absolute atomic E-state index is 13.3. The molecule has 1 fully saturated rings. The van der Waals surface area contributed by atoms with Gasteiger partial charge in [0.2, 0.25) is 6.61 Å². The first kappa shape index (κ1) is 31.3. The fraction of sp³-hybridized carbons (Fsp3) is 0.385. The van der Waals surface area contributed by atoms with Crippen LogP contribution in [0, 0.1) is 0 Å². The molecule has 2 unspecified atom stereocenters. The van der Waals surface area contributed by atoms with Crippen LogP contribution in [0.15, 0.2) is 46.1 Å². The van der Waals surface area contributed by atoms with Crippen molar-refractivity contribution in [2.75, 3.05) is 45.8 Å². The minimum Gasteiger partial charge on any atom is -0.477 e. The number of likely N-dealkylation sites (N-methyl/N-ethyl adjacent to an activating group) is 1. The second kappa shape index (κ2) is 12.7. The van der Waals surface area contributed by atoms with Crippen molar-refractivity contribution in [3.05, 3.63) is 57.2 Å². The molecular formula is C26H30ClN6O7S2+. The summed E-state index contributed by atoms with van der Waals surface area (Å²) in [5.74, 6) is -2.95. The van der Waals surface area contributed by atoms with E-state index in [1.54, 1.807) is 0 Å². The highest BCUT2D eigenvalue weighted by atomic mass is 35.5. The molecule has 2 aromatic rings. The molecule has 13 nitrogen and oxygen atoms in total. The number of nitrogens with two attached hydrogens (primary N) is 1. The third-order valence-electron chi connectivity index (χ3n) is 7.08. The number of quaternary nitrogens is 1. The van der Waals surface area contributed by atoms with E-state index in [0.717, 1.165) is 16.9 Å². The second-order valence-corrected chi connectivity index (χ2v) is 12.6. The van der Waals surface area contributed by atoms with Gasteiger partial charge in [-0.15, -0.1) is 23.1 Å². The Morgan fingerprint density at radius 2 is 2.00 bits per heavy atom. The molecule has 3 heterocycles. The van der Waals surface area contributed by atoms with Gasteiger partial charge in [-0.1, -0.05) is 28.9 Å². The highest BCUT2D eigenvalue weighted by molar-refractivity contribution is 8.00. The summed E-state index contributed by atoms with van der Waals surface area (Å²) in [7, 11) is 5.17. The molecule has 0 saturated carbocycles. The molecular weight excluding hydrogens is 608 g/mol. The van der Waals surface area contributed by atoms with Gasteiger partial charge in [0.1, 0.15) is 35.4 Å². The summed E-state index contributed by atoms with van der Waals surface area (Å²) >= 11 is 8.46. The van der Waals surface area contributed by atoms with Crippen LogP contribution in [-0.2, 0) is 28.8 Å². The number of aliphatic carboxylic acids is 1. The van der Waals surface area contributed by atoms with Crippen molar-refractivity contribution in [2.24, 2.45) is 5.16 Å². The number of benzene rings is 1. The van der Waals surface area contributed by atoms with Gasteiger partial charge in [0, 0.05) is 27.3 Å². The van der Waals surface area contributed by atoms with Crippen LogP contribution >= 0.6 is 34.7 Å². The summed E-state index contributed by atoms with van der Waals surface area (Å²) in [6, 6.07) is 6.49. The average Bonchev–Trinajstić information content (AvgIpc) is 3.38. The number of amides is 2. The molecule has 1 aromatic carbocycles. The van der Waals surface area contributed by atoms with Crippen molar-refractivity contribution < 1.29 is 38.3 Å². The van der Waals surface area contributed by atoms with Gasteiger partial charge in [0.15, 0.2) is 10.8 Å². The summed E-state index contributed by atoms with van der Waals surface area (Å²) in [6.07, 6.45) is 0. The third kappa shape index (κ3) is 6.53. The number of carboxylic acids is 1. The highest BCUT2D eigenvalue weighted by Gasteiger charge is 2.55. The van der Waals surface area contributed by atoms with Gasteiger partial charge < -0.3 is 30.2 Å². The molecule has 2 amide bonds. The topological polar surface area (TPSA) is 174 Å². The normalized spacial score (nSPS) is 19.5. The number of rotatable bonds is 11. The zero-order chi connectivity index (χ0) is 30.8. The number of thioether (sulfide) groups is 1. The fourth-order valence-corrected chi connectivity index (χ4v) is 6.61. The first-order valence-corrected chi connectivity index (χ1v) is 14.9. The molecule has 2 aliphatic rings. The smallest absolute Gasteiger partial charge is 0.352 e. The number of oxime groups is 1. The first-order valence-electron chi connectivity index (χ1n) is 12.6. The van der Waals surface area contributed by atoms with Crippen molar-refractivity contribution in [1.29, 1.82) is 0 Å². The Morgan fingerprint density at radius 3 is 2.60 bits per heavy atom. The number of hydrogen-bond acceptors (Lipinski definition) is 11. The van der Waals surface area contributed by atoms with Crippen LogP contribution in [0.4, 0.5) is 5.13 Å². The molecule has 4 rings (SSSR count). The van der Waals surface area contributed by atoms with E-state index in [0.29, 0.717) is 27.4 Å². The lowest BCUT2D eigenvalue weighted by atomic mass is 10.0. The lowest BCUT2D eigenvalue weighted by Crippen LogP contribution is -2.71. The number of β-lactam (4-membered cyclic amide) rings is 1. The summed E-state index contributed by atoms with van der Waals surface area (Å²) in [5.41, 5.74) is 7.06. The molecule has 0 spiro atoms. The number of thiazole rings is 1. The van der Waals surface area contributed by atoms with Gasteiger partial charge in [0.25, 0.3) is 11.8 Å². The number of ether oxygens (including phenoxy) is 1. The van der Waals surface area contributed by atoms with Gasteiger partial charge in [-0.2, -0.15) is 0 Å². The number of esters is 1. The number of nitrogens with one attached hydrogen (secondary N) is 1. The Labute approximate surface area is 254 Å². The van der Waals surface area contributed by atoms with Crippen LogP contribution in [0.5, 0.6) is 0 Å². The number of fused-ring (bicyclic) bond motifs is 1. The number of nitrogens with zero attached hydrogens (tertiary/aromatic N) is 4. The Bertz CT molecular complexity index is 1460.